The fourth-order valence-corrected chi connectivity index (χ4v) is 2.32. The Bertz CT molecular complexity index is 947. The molecule has 1 heterocycles. The summed E-state index contributed by atoms with van der Waals surface area (Å²) in [6.07, 6.45) is 1.49. The van der Waals surface area contributed by atoms with E-state index in [4.69, 9.17) is 0 Å². The molecule has 26 heavy (non-hydrogen) atoms. The van der Waals surface area contributed by atoms with Gasteiger partial charge in [0.1, 0.15) is 11.6 Å². The van der Waals surface area contributed by atoms with Gasteiger partial charge in [0, 0.05) is 18.4 Å². The maximum absolute atomic E-state index is 13.3. The third-order valence-electron chi connectivity index (χ3n) is 3.58. The van der Waals surface area contributed by atoms with Crippen LogP contribution in [0, 0.1) is 17.5 Å². The first-order valence-corrected chi connectivity index (χ1v) is 7.72. The summed E-state index contributed by atoms with van der Waals surface area (Å²) < 4.78 is 39.5. The van der Waals surface area contributed by atoms with Gasteiger partial charge in [-0.25, -0.2) is 18.2 Å². The Balaban J connectivity index is 1.74. The van der Waals surface area contributed by atoms with E-state index in [0.717, 1.165) is 12.1 Å². The van der Waals surface area contributed by atoms with E-state index in [2.05, 4.69) is 15.6 Å². The fourth-order valence-electron chi connectivity index (χ4n) is 2.32. The number of halogens is 3. The highest BCUT2D eigenvalue weighted by Crippen LogP contribution is 2.19. The summed E-state index contributed by atoms with van der Waals surface area (Å²) in [6.45, 7) is 0.0182. The SMILES string of the molecule is O=C(NCc1ccc(F)c(F)c1)c1cccnc1Nc1cccc(F)c1. The van der Waals surface area contributed by atoms with Gasteiger partial charge < -0.3 is 10.6 Å². The van der Waals surface area contributed by atoms with E-state index < -0.39 is 23.4 Å². The minimum absolute atomic E-state index is 0.0182. The van der Waals surface area contributed by atoms with Crippen LogP contribution in [-0.2, 0) is 6.54 Å². The Morgan fingerprint density at radius 2 is 1.81 bits per heavy atom. The van der Waals surface area contributed by atoms with Gasteiger partial charge in [-0.05, 0) is 48.0 Å². The minimum Gasteiger partial charge on any atom is -0.348 e. The second-order valence-corrected chi connectivity index (χ2v) is 5.47. The normalized spacial score (nSPS) is 10.4. The first-order valence-electron chi connectivity index (χ1n) is 7.72. The Morgan fingerprint density at radius 3 is 2.58 bits per heavy atom. The van der Waals surface area contributed by atoms with Gasteiger partial charge in [0.25, 0.3) is 5.91 Å². The molecule has 0 aliphatic carbocycles. The van der Waals surface area contributed by atoms with Crippen molar-refractivity contribution in [1.29, 1.82) is 0 Å². The first kappa shape index (κ1) is 17.5. The zero-order valence-corrected chi connectivity index (χ0v) is 13.5. The molecule has 3 rings (SSSR count). The van der Waals surface area contributed by atoms with Crippen molar-refractivity contribution in [3.05, 3.63) is 89.4 Å². The van der Waals surface area contributed by atoms with Crippen LogP contribution in [0.3, 0.4) is 0 Å². The van der Waals surface area contributed by atoms with Crippen LogP contribution >= 0.6 is 0 Å². The number of rotatable bonds is 5. The molecule has 0 atom stereocenters. The van der Waals surface area contributed by atoms with Crippen LogP contribution in [0.1, 0.15) is 15.9 Å². The summed E-state index contributed by atoms with van der Waals surface area (Å²) in [5, 5.41) is 5.50. The van der Waals surface area contributed by atoms with Crippen molar-refractivity contribution in [3.8, 4) is 0 Å². The second-order valence-electron chi connectivity index (χ2n) is 5.47. The lowest BCUT2D eigenvalue weighted by atomic mass is 10.2. The molecule has 0 aliphatic heterocycles. The number of anilines is 2. The van der Waals surface area contributed by atoms with Gasteiger partial charge in [0.05, 0.1) is 5.56 Å². The van der Waals surface area contributed by atoms with E-state index in [1.165, 1.54) is 30.5 Å². The Kier molecular flexibility index (Phi) is 5.17. The highest BCUT2D eigenvalue weighted by molar-refractivity contribution is 5.99. The molecule has 0 saturated heterocycles. The topological polar surface area (TPSA) is 54.0 Å². The molecule has 2 N–H and O–H groups in total. The van der Waals surface area contributed by atoms with Crippen LogP contribution in [0.15, 0.2) is 60.8 Å². The highest BCUT2D eigenvalue weighted by atomic mass is 19.2. The average Bonchev–Trinajstić information content (AvgIpc) is 2.63. The number of hydrogen-bond donors (Lipinski definition) is 2. The molecule has 0 bridgehead atoms. The van der Waals surface area contributed by atoms with Crippen molar-refractivity contribution < 1.29 is 18.0 Å². The first-order chi connectivity index (χ1) is 12.5. The van der Waals surface area contributed by atoms with Gasteiger partial charge in [0.15, 0.2) is 11.6 Å². The van der Waals surface area contributed by atoms with Crippen LogP contribution in [0.5, 0.6) is 0 Å². The summed E-state index contributed by atoms with van der Waals surface area (Å²) >= 11 is 0. The van der Waals surface area contributed by atoms with Crippen LogP contribution in [-0.4, -0.2) is 10.9 Å². The predicted molar refractivity (Wildman–Crippen MR) is 91.4 cm³/mol. The zero-order valence-electron chi connectivity index (χ0n) is 13.5. The van der Waals surface area contributed by atoms with Gasteiger partial charge in [0.2, 0.25) is 0 Å². The third-order valence-corrected chi connectivity index (χ3v) is 3.58. The number of benzene rings is 2. The summed E-state index contributed by atoms with van der Waals surface area (Å²) in [4.78, 5) is 16.5. The predicted octanol–water partition coefficient (Wildman–Crippen LogP) is 4.17. The molecule has 3 aromatic rings. The molecular weight excluding hydrogens is 343 g/mol. The Hall–Kier alpha value is -3.35. The van der Waals surface area contributed by atoms with Crippen molar-refractivity contribution >= 4 is 17.4 Å². The monoisotopic (exact) mass is 357 g/mol. The molecule has 7 heteroatoms. The number of pyridine rings is 1. The maximum Gasteiger partial charge on any atom is 0.255 e. The maximum atomic E-state index is 13.3. The van der Waals surface area contributed by atoms with Gasteiger partial charge in [-0.1, -0.05) is 12.1 Å². The molecule has 0 fully saturated rings. The lowest BCUT2D eigenvalue weighted by molar-refractivity contribution is 0.0951. The molecule has 4 nitrogen and oxygen atoms in total. The molecule has 0 unspecified atom stereocenters. The lowest BCUT2D eigenvalue weighted by Gasteiger charge is -2.11. The molecule has 1 amide bonds. The molecule has 0 spiro atoms. The molecule has 0 aliphatic rings. The van der Waals surface area contributed by atoms with Crippen molar-refractivity contribution in [2.24, 2.45) is 0 Å². The summed E-state index contributed by atoms with van der Waals surface area (Å²) in [7, 11) is 0. The fraction of sp³-hybridized carbons (Fsp3) is 0.0526. The quantitative estimate of drug-likeness (QED) is 0.721. The Morgan fingerprint density at radius 1 is 0.962 bits per heavy atom. The van der Waals surface area contributed by atoms with E-state index >= 15 is 0 Å². The van der Waals surface area contributed by atoms with Gasteiger partial charge in [-0.15, -0.1) is 0 Å². The van der Waals surface area contributed by atoms with Gasteiger partial charge in [-0.2, -0.15) is 0 Å². The number of aromatic nitrogens is 1. The van der Waals surface area contributed by atoms with Crippen LogP contribution in [0.2, 0.25) is 0 Å². The van der Waals surface area contributed by atoms with E-state index in [-0.39, 0.29) is 17.9 Å². The third kappa shape index (κ3) is 4.18. The number of hydrogen-bond acceptors (Lipinski definition) is 3. The molecule has 132 valence electrons. The van der Waals surface area contributed by atoms with Crippen molar-refractivity contribution in [2.45, 2.75) is 6.54 Å². The lowest BCUT2D eigenvalue weighted by Crippen LogP contribution is -2.24. The van der Waals surface area contributed by atoms with Crippen molar-refractivity contribution in [3.63, 3.8) is 0 Å². The minimum atomic E-state index is -0.980. The van der Waals surface area contributed by atoms with Crippen LogP contribution in [0.25, 0.3) is 0 Å². The van der Waals surface area contributed by atoms with E-state index in [1.54, 1.807) is 18.2 Å². The van der Waals surface area contributed by atoms with E-state index in [9.17, 15) is 18.0 Å². The largest absolute Gasteiger partial charge is 0.348 e. The van der Waals surface area contributed by atoms with Crippen LogP contribution in [0.4, 0.5) is 24.7 Å². The van der Waals surface area contributed by atoms with Crippen molar-refractivity contribution in [1.82, 2.24) is 10.3 Å². The van der Waals surface area contributed by atoms with Gasteiger partial charge in [-0.3, -0.25) is 4.79 Å². The number of carbonyl (C=O) groups excluding carboxylic acids is 1. The molecule has 0 radical (unpaired) electrons. The van der Waals surface area contributed by atoms with E-state index in [0.29, 0.717) is 11.3 Å². The van der Waals surface area contributed by atoms with E-state index in [1.807, 2.05) is 0 Å². The second kappa shape index (κ2) is 7.69. The summed E-state index contributed by atoms with van der Waals surface area (Å²) in [5.41, 5.74) is 1.10. The zero-order chi connectivity index (χ0) is 18.5. The number of amides is 1. The molecular formula is C19H14F3N3O. The van der Waals surface area contributed by atoms with Crippen LogP contribution < -0.4 is 10.6 Å². The number of nitrogens with zero attached hydrogens (tertiary/aromatic N) is 1. The number of carbonyl (C=O) groups is 1. The smallest absolute Gasteiger partial charge is 0.255 e. The summed E-state index contributed by atoms with van der Waals surface area (Å²) in [6, 6.07) is 12.3. The Labute approximate surface area is 147 Å². The van der Waals surface area contributed by atoms with Gasteiger partial charge >= 0.3 is 0 Å². The highest BCUT2D eigenvalue weighted by Gasteiger charge is 2.13. The summed E-state index contributed by atoms with van der Waals surface area (Å²) in [5.74, 6) is -2.56. The molecule has 1 aromatic heterocycles. The number of nitrogens with one attached hydrogen (secondary N) is 2. The average molecular weight is 357 g/mol. The van der Waals surface area contributed by atoms with Crippen molar-refractivity contribution in [2.75, 3.05) is 5.32 Å². The molecule has 2 aromatic carbocycles. The molecule has 0 saturated carbocycles. The standard InChI is InChI=1S/C19H14F3N3O/c20-13-3-1-4-14(10-13)25-18-15(5-2-8-23-18)19(26)24-11-12-6-7-16(21)17(22)9-12/h1-10H,11H2,(H,23,25)(H,24,26).